The monoisotopic (exact) mass is 208 g/mol. The molecule has 0 aliphatic heterocycles. The van der Waals surface area contributed by atoms with Gasteiger partial charge in [0.2, 0.25) is 0 Å². The van der Waals surface area contributed by atoms with Gasteiger partial charge in [0.25, 0.3) is 0 Å². The van der Waals surface area contributed by atoms with E-state index in [0.29, 0.717) is 6.54 Å². The number of carbonyl (C=O) groups is 1. The van der Waals surface area contributed by atoms with Crippen molar-refractivity contribution in [3.8, 4) is 0 Å². The van der Waals surface area contributed by atoms with Gasteiger partial charge in [-0.1, -0.05) is 0 Å². The minimum Gasteiger partial charge on any atom is -0.450 e. The van der Waals surface area contributed by atoms with Crippen LogP contribution in [-0.2, 0) is 0 Å². The van der Waals surface area contributed by atoms with E-state index in [-0.39, 0.29) is 12.6 Å². The Balaban J connectivity index is 0. The van der Waals surface area contributed by atoms with Crippen LogP contribution in [0, 0.1) is 0 Å². The Morgan fingerprint density at radius 2 is 1.64 bits per heavy atom. The Morgan fingerprint density at radius 3 is 2.00 bits per heavy atom. The highest BCUT2D eigenvalue weighted by molar-refractivity contribution is 5.53. The van der Waals surface area contributed by atoms with Gasteiger partial charge in [-0.25, -0.2) is 4.79 Å². The SMILES string of the molecule is NCCCC(N)CCCO.O=C(O)O. The lowest BCUT2D eigenvalue weighted by Gasteiger charge is -2.08. The van der Waals surface area contributed by atoms with Crippen LogP contribution in [0.1, 0.15) is 25.7 Å². The predicted molar refractivity (Wildman–Crippen MR) is 53.2 cm³/mol. The Kier molecular flexibility index (Phi) is 13.6. The summed E-state index contributed by atoms with van der Waals surface area (Å²) in [7, 11) is 0. The maximum Gasteiger partial charge on any atom is 0.503 e. The molecule has 1 atom stereocenters. The summed E-state index contributed by atoms with van der Waals surface area (Å²) in [4.78, 5) is 8.56. The average Bonchev–Trinajstić information content (AvgIpc) is 2.10. The Bertz CT molecular complexity index is 121. The van der Waals surface area contributed by atoms with E-state index in [1.165, 1.54) is 0 Å². The highest BCUT2D eigenvalue weighted by Crippen LogP contribution is 2.00. The molecule has 0 radical (unpaired) electrons. The van der Waals surface area contributed by atoms with Crippen molar-refractivity contribution in [2.24, 2.45) is 11.5 Å². The molecule has 0 aromatic carbocycles. The Labute approximate surface area is 83.5 Å². The normalized spacial score (nSPS) is 11.4. The van der Waals surface area contributed by atoms with E-state index in [0.717, 1.165) is 25.7 Å². The third-order valence-corrected chi connectivity index (χ3v) is 1.51. The van der Waals surface area contributed by atoms with Crippen LogP contribution in [0.2, 0.25) is 0 Å². The van der Waals surface area contributed by atoms with Crippen molar-refractivity contribution >= 4 is 6.16 Å². The van der Waals surface area contributed by atoms with Gasteiger partial charge in [-0.15, -0.1) is 0 Å². The molecule has 0 aromatic rings. The quantitative estimate of drug-likeness (QED) is 0.419. The van der Waals surface area contributed by atoms with Crippen molar-refractivity contribution < 1.29 is 20.1 Å². The van der Waals surface area contributed by atoms with Crippen LogP contribution in [0.25, 0.3) is 0 Å². The molecule has 1 unspecified atom stereocenters. The topological polar surface area (TPSA) is 130 Å². The van der Waals surface area contributed by atoms with Crippen LogP contribution in [0.4, 0.5) is 4.79 Å². The third kappa shape index (κ3) is 22.5. The molecule has 0 heterocycles. The fourth-order valence-electron chi connectivity index (χ4n) is 0.878. The molecule has 86 valence electrons. The summed E-state index contributed by atoms with van der Waals surface area (Å²) in [5.41, 5.74) is 11.0. The summed E-state index contributed by atoms with van der Waals surface area (Å²) >= 11 is 0. The number of hydrogen-bond acceptors (Lipinski definition) is 4. The number of aliphatic hydroxyl groups is 1. The van der Waals surface area contributed by atoms with Gasteiger partial charge in [-0.2, -0.15) is 0 Å². The standard InChI is InChI=1S/C7H18N2O.CH2O3/c8-5-1-3-7(9)4-2-6-10;2-1(3)4/h7,10H,1-6,8-9H2;(H2,2,3,4). The molecular formula is C8H20N2O4. The molecule has 6 nitrogen and oxygen atoms in total. The maximum atomic E-state index is 8.56. The second-order valence-corrected chi connectivity index (χ2v) is 2.84. The van der Waals surface area contributed by atoms with Crippen molar-refractivity contribution in [3.05, 3.63) is 0 Å². The summed E-state index contributed by atoms with van der Waals surface area (Å²) in [5.74, 6) is 0. The number of rotatable bonds is 6. The molecule has 0 aliphatic carbocycles. The maximum absolute atomic E-state index is 8.56. The molecule has 0 saturated carbocycles. The van der Waals surface area contributed by atoms with E-state index in [4.69, 9.17) is 31.6 Å². The summed E-state index contributed by atoms with van der Waals surface area (Å²) in [6, 6.07) is 0.232. The van der Waals surface area contributed by atoms with Gasteiger partial charge in [-0.3, -0.25) is 0 Å². The lowest BCUT2D eigenvalue weighted by Crippen LogP contribution is -2.21. The minimum absolute atomic E-state index is 0.232. The van der Waals surface area contributed by atoms with Crippen molar-refractivity contribution in [2.45, 2.75) is 31.7 Å². The van der Waals surface area contributed by atoms with E-state index in [9.17, 15) is 0 Å². The van der Waals surface area contributed by atoms with Crippen LogP contribution >= 0.6 is 0 Å². The zero-order chi connectivity index (χ0) is 11.4. The largest absolute Gasteiger partial charge is 0.503 e. The highest BCUT2D eigenvalue weighted by Gasteiger charge is 1.99. The number of hydrogen-bond donors (Lipinski definition) is 5. The summed E-state index contributed by atoms with van der Waals surface area (Å²) in [6.45, 7) is 0.961. The van der Waals surface area contributed by atoms with Gasteiger partial charge in [0, 0.05) is 12.6 Å². The highest BCUT2D eigenvalue weighted by atomic mass is 16.6. The van der Waals surface area contributed by atoms with E-state index < -0.39 is 6.16 Å². The first-order valence-corrected chi connectivity index (χ1v) is 4.53. The van der Waals surface area contributed by atoms with Gasteiger partial charge >= 0.3 is 6.16 Å². The second kappa shape index (κ2) is 12.2. The molecule has 0 aliphatic rings. The van der Waals surface area contributed by atoms with Crippen LogP contribution in [0.3, 0.4) is 0 Å². The fourth-order valence-corrected chi connectivity index (χ4v) is 0.878. The molecule has 0 saturated heterocycles. The van der Waals surface area contributed by atoms with Crippen LogP contribution in [0.5, 0.6) is 0 Å². The van der Waals surface area contributed by atoms with Crippen molar-refractivity contribution in [1.29, 1.82) is 0 Å². The van der Waals surface area contributed by atoms with Gasteiger partial charge in [-0.05, 0) is 32.2 Å². The smallest absolute Gasteiger partial charge is 0.450 e. The average molecular weight is 208 g/mol. The molecule has 0 spiro atoms. The summed E-state index contributed by atoms with van der Waals surface area (Å²) in [5, 5.41) is 22.4. The number of nitrogens with two attached hydrogens (primary N) is 2. The first kappa shape index (κ1) is 15.6. The van der Waals surface area contributed by atoms with Crippen molar-refractivity contribution in [2.75, 3.05) is 13.2 Å². The van der Waals surface area contributed by atoms with Crippen LogP contribution in [-0.4, -0.2) is 40.7 Å². The number of aliphatic hydroxyl groups excluding tert-OH is 1. The second-order valence-electron chi connectivity index (χ2n) is 2.84. The van der Waals surface area contributed by atoms with E-state index in [1.807, 2.05) is 0 Å². The summed E-state index contributed by atoms with van der Waals surface area (Å²) < 4.78 is 0. The molecular weight excluding hydrogens is 188 g/mol. The first-order chi connectivity index (χ1) is 6.54. The lowest BCUT2D eigenvalue weighted by atomic mass is 10.1. The van der Waals surface area contributed by atoms with Crippen molar-refractivity contribution in [1.82, 2.24) is 0 Å². The van der Waals surface area contributed by atoms with Crippen LogP contribution in [0.15, 0.2) is 0 Å². The van der Waals surface area contributed by atoms with Crippen molar-refractivity contribution in [3.63, 3.8) is 0 Å². The molecule has 0 rings (SSSR count). The zero-order valence-electron chi connectivity index (χ0n) is 8.22. The zero-order valence-corrected chi connectivity index (χ0v) is 8.22. The Morgan fingerprint density at radius 1 is 1.21 bits per heavy atom. The number of carboxylic acid groups (broad SMARTS) is 2. The van der Waals surface area contributed by atoms with Gasteiger partial charge in [0.05, 0.1) is 0 Å². The molecule has 14 heavy (non-hydrogen) atoms. The molecule has 0 aromatic heterocycles. The molecule has 0 bridgehead atoms. The lowest BCUT2D eigenvalue weighted by molar-refractivity contribution is 0.137. The van der Waals surface area contributed by atoms with E-state index in [2.05, 4.69) is 0 Å². The fraction of sp³-hybridized carbons (Fsp3) is 0.875. The first-order valence-electron chi connectivity index (χ1n) is 4.53. The van der Waals surface area contributed by atoms with Crippen LogP contribution < -0.4 is 11.5 Å². The molecule has 0 amide bonds. The van der Waals surface area contributed by atoms with Gasteiger partial charge in [0.15, 0.2) is 0 Å². The molecule has 6 heteroatoms. The van der Waals surface area contributed by atoms with Gasteiger partial charge in [0.1, 0.15) is 0 Å². The predicted octanol–water partition coefficient (Wildman–Crippen LogP) is 0.0475. The third-order valence-electron chi connectivity index (χ3n) is 1.51. The minimum atomic E-state index is -1.83. The summed E-state index contributed by atoms with van der Waals surface area (Å²) in [6.07, 6.45) is 1.87. The van der Waals surface area contributed by atoms with E-state index in [1.54, 1.807) is 0 Å². The molecule has 0 fully saturated rings. The Hall–Kier alpha value is -0.850. The van der Waals surface area contributed by atoms with Gasteiger partial charge < -0.3 is 26.8 Å². The van der Waals surface area contributed by atoms with E-state index >= 15 is 0 Å². The molecule has 7 N–H and O–H groups in total.